The van der Waals surface area contributed by atoms with Crippen LogP contribution in [0, 0.1) is 0 Å². The fraction of sp³-hybridized carbons (Fsp3) is 0.0870. The zero-order chi connectivity index (χ0) is 19.3. The maximum absolute atomic E-state index is 12.4. The van der Waals surface area contributed by atoms with Crippen molar-refractivity contribution in [2.75, 3.05) is 13.7 Å². The van der Waals surface area contributed by atoms with Crippen molar-refractivity contribution in [1.82, 2.24) is 5.43 Å². The van der Waals surface area contributed by atoms with Gasteiger partial charge in [-0.2, -0.15) is 5.10 Å². The number of ether oxygens (including phenoxy) is 1. The second kappa shape index (κ2) is 7.88. The average Bonchev–Trinajstić information content (AvgIpc) is 3.24. The average molecular weight is 369 g/mol. The normalized spacial score (nSPS) is 13.5. The number of rotatable bonds is 5. The van der Waals surface area contributed by atoms with Crippen molar-refractivity contribution in [2.24, 2.45) is 10.1 Å². The summed E-state index contributed by atoms with van der Waals surface area (Å²) in [7, 11) is 1.61. The summed E-state index contributed by atoms with van der Waals surface area (Å²) in [5.41, 5.74) is 5.80. The standard InChI is InChI=1S/C23H19N3O2/c1-28-21-8-4-5-16(11-21)14-25-26-23(27)20-13-22(24-15-20)19-10-9-17-6-2-3-7-18(17)12-19/h2-14H,15H2,1H3,(H,26,27)/b25-14-. The van der Waals surface area contributed by atoms with Gasteiger partial charge in [-0.05, 0) is 40.6 Å². The van der Waals surface area contributed by atoms with E-state index >= 15 is 0 Å². The number of carbonyl (C=O) groups is 1. The number of carbonyl (C=O) groups excluding carboxylic acids is 1. The maximum atomic E-state index is 12.4. The Kier molecular flexibility index (Phi) is 4.97. The molecule has 0 radical (unpaired) electrons. The summed E-state index contributed by atoms with van der Waals surface area (Å²) in [6.07, 6.45) is 3.40. The zero-order valence-electron chi connectivity index (χ0n) is 15.4. The van der Waals surface area contributed by atoms with Crippen LogP contribution in [0.5, 0.6) is 5.75 Å². The molecule has 5 heteroatoms. The Morgan fingerprint density at radius 2 is 1.93 bits per heavy atom. The van der Waals surface area contributed by atoms with Crippen LogP contribution < -0.4 is 10.2 Å². The molecular weight excluding hydrogens is 350 g/mol. The highest BCUT2D eigenvalue weighted by atomic mass is 16.5. The van der Waals surface area contributed by atoms with Gasteiger partial charge in [-0.1, -0.05) is 48.5 Å². The summed E-state index contributed by atoms with van der Waals surface area (Å²) in [6, 6.07) is 21.8. The van der Waals surface area contributed by atoms with Gasteiger partial charge in [0.1, 0.15) is 5.75 Å². The zero-order valence-corrected chi connectivity index (χ0v) is 15.4. The van der Waals surface area contributed by atoms with E-state index in [0.717, 1.165) is 28.0 Å². The highest BCUT2D eigenvalue weighted by Crippen LogP contribution is 2.19. The SMILES string of the molecule is COc1cccc(/C=N\NC(=O)C2=CC(c3ccc4ccccc4c3)=NC2)c1. The van der Waals surface area contributed by atoms with E-state index in [2.05, 4.69) is 39.8 Å². The van der Waals surface area contributed by atoms with Gasteiger partial charge in [-0.15, -0.1) is 0 Å². The molecule has 5 nitrogen and oxygen atoms in total. The number of aliphatic imine (C=N–C) groups is 1. The lowest BCUT2D eigenvalue weighted by molar-refractivity contribution is -0.117. The van der Waals surface area contributed by atoms with Crippen molar-refractivity contribution >= 4 is 28.6 Å². The first kappa shape index (κ1) is 17.7. The van der Waals surface area contributed by atoms with Crippen LogP contribution in [0.4, 0.5) is 0 Å². The minimum absolute atomic E-state index is 0.251. The lowest BCUT2D eigenvalue weighted by Crippen LogP contribution is -2.20. The highest BCUT2D eigenvalue weighted by molar-refractivity contribution is 6.16. The van der Waals surface area contributed by atoms with Gasteiger partial charge in [0, 0.05) is 11.1 Å². The molecule has 4 rings (SSSR count). The molecule has 28 heavy (non-hydrogen) atoms. The summed E-state index contributed by atoms with van der Waals surface area (Å²) in [5.74, 6) is 0.487. The number of hydrogen-bond acceptors (Lipinski definition) is 4. The van der Waals surface area contributed by atoms with Gasteiger partial charge >= 0.3 is 0 Å². The molecule has 1 N–H and O–H groups in total. The monoisotopic (exact) mass is 369 g/mol. The third-order valence-electron chi connectivity index (χ3n) is 4.54. The molecule has 0 aromatic heterocycles. The quantitative estimate of drug-likeness (QED) is 0.550. The Bertz CT molecular complexity index is 1130. The van der Waals surface area contributed by atoms with E-state index in [4.69, 9.17) is 4.74 Å². The maximum Gasteiger partial charge on any atom is 0.269 e. The molecule has 3 aromatic carbocycles. The third kappa shape index (κ3) is 3.83. The molecule has 1 aliphatic rings. The Morgan fingerprint density at radius 1 is 1.07 bits per heavy atom. The van der Waals surface area contributed by atoms with Crippen LogP contribution >= 0.6 is 0 Å². The summed E-state index contributed by atoms with van der Waals surface area (Å²) >= 11 is 0. The van der Waals surface area contributed by atoms with E-state index in [1.54, 1.807) is 13.3 Å². The number of allylic oxidation sites excluding steroid dienone is 1. The van der Waals surface area contributed by atoms with Gasteiger partial charge in [-0.25, -0.2) is 5.43 Å². The first-order valence-corrected chi connectivity index (χ1v) is 8.94. The first-order chi connectivity index (χ1) is 13.7. The molecule has 3 aromatic rings. The van der Waals surface area contributed by atoms with Crippen LogP contribution in [0.3, 0.4) is 0 Å². The van der Waals surface area contributed by atoms with Gasteiger partial charge in [0.2, 0.25) is 0 Å². The number of hydrogen-bond donors (Lipinski definition) is 1. The number of benzene rings is 3. The van der Waals surface area contributed by atoms with Gasteiger partial charge in [-0.3, -0.25) is 9.79 Å². The number of methoxy groups -OCH3 is 1. The van der Waals surface area contributed by atoms with Crippen LogP contribution in [-0.2, 0) is 4.79 Å². The van der Waals surface area contributed by atoms with Gasteiger partial charge in [0.15, 0.2) is 0 Å². The Labute approximate surface area is 163 Å². The molecule has 0 aliphatic carbocycles. The van der Waals surface area contributed by atoms with Crippen molar-refractivity contribution in [3.05, 3.63) is 89.5 Å². The molecule has 0 spiro atoms. The van der Waals surface area contributed by atoms with E-state index in [0.29, 0.717) is 12.1 Å². The second-order valence-electron chi connectivity index (χ2n) is 6.41. The van der Waals surface area contributed by atoms with Crippen LogP contribution in [0.15, 0.2) is 88.5 Å². The Morgan fingerprint density at radius 3 is 2.79 bits per heavy atom. The lowest BCUT2D eigenvalue weighted by Gasteiger charge is -2.02. The van der Waals surface area contributed by atoms with Crippen molar-refractivity contribution < 1.29 is 9.53 Å². The van der Waals surface area contributed by atoms with E-state index in [9.17, 15) is 4.79 Å². The smallest absolute Gasteiger partial charge is 0.269 e. The molecule has 0 saturated heterocycles. The molecule has 1 aliphatic heterocycles. The minimum atomic E-state index is -0.251. The number of fused-ring (bicyclic) bond motifs is 1. The van der Waals surface area contributed by atoms with Crippen LogP contribution in [0.1, 0.15) is 11.1 Å². The molecule has 138 valence electrons. The van der Waals surface area contributed by atoms with E-state index in [-0.39, 0.29) is 5.91 Å². The molecule has 0 saturated carbocycles. The molecular formula is C23H19N3O2. The molecule has 0 atom stereocenters. The summed E-state index contributed by atoms with van der Waals surface area (Å²) in [6.45, 7) is 0.350. The van der Waals surface area contributed by atoms with Crippen molar-refractivity contribution in [3.63, 3.8) is 0 Å². The van der Waals surface area contributed by atoms with Crippen LogP contribution in [-0.4, -0.2) is 31.5 Å². The van der Waals surface area contributed by atoms with Crippen LogP contribution in [0.25, 0.3) is 10.8 Å². The minimum Gasteiger partial charge on any atom is -0.497 e. The molecule has 0 bridgehead atoms. The topological polar surface area (TPSA) is 63.0 Å². The fourth-order valence-electron chi connectivity index (χ4n) is 3.05. The number of nitrogens with one attached hydrogen (secondary N) is 1. The number of nitrogens with zero attached hydrogens (tertiary/aromatic N) is 2. The molecule has 1 amide bonds. The van der Waals surface area contributed by atoms with Crippen molar-refractivity contribution in [1.29, 1.82) is 0 Å². The van der Waals surface area contributed by atoms with E-state index in [1.165, 1.54) is 5.39 Å². The predicted molar refractivity (Wildman–Crippen MR) is 112 cm³/mol. The van der Waals surface area contributed by atoms with Gasteiger partial charge < -0.3 is 4.74 Å². The molecule has 0 unspecified atom stereocenters. The van der Waals surface area contributed by atoms with E-state index < -0.39 is 0 Å². The van der Waals surface area contributed by atoms with Gasteiger partial charge in [0.25, 0.3) is 5.91 Å². The van der Waals surface area contributed by atoms with Gasteiger partial charge in [0.05, 0.1) is 25.6 Å². The second-order valence-corrected chi connectivity index (χ2v) is 6.41. The first-order valence-electron chi connectivity index (χ1n) is 8.94. The van der Waals surface area contributed by atoms with Crippen molar-refractivity contribution in [2.45, 2.75) is 0 Å². The summed E-state index contributed by atoms with van der Waals surface area (Å²) in [5, 5.41) is 6.36. The molecule has 1 heterocycles. The Balaban J connectivity index is 1.43. The number of amides is 1. The van der Waals surface area contributed by atoms with Crippen molar-refractivity contribution in [3.8, 4) is 5.75 Å². The van der Waals surface area contributed by atoms with Crippen LogP contribution in [0.2, 0.25) is 0 Å². The predicted octanol–water partition coefficient (Wildman–Crippen LogP) is 3.73. The van der Waals surface area contributed by atoms with E-state index in [1.807, 2.05) is 48.5 Å². The number of hydrazone groups is 1. The fourth-order valence-corrected chi connectivity index (χ4v) is 3.05. The summed E-state index contributed by atoms with van der Waals surface area (Å²) in [4.78, 5) is 16.9. The highest BCUT2D eigenvalue weighted by Gasteiger charge is 2.16. The largest absolute Gasteiger partial charge is 0.497 e. The Hall–Kier alpha value is -3.73. The summed E-state index contributed by atoms with van der Waals surface area (Å²) < 4.78 is 5.17. The molecule has 0 fully saturated rings. The lowest BCUT2D eigenvalue weighted by atomic mass is 10.0. The third-order valence-corrected chi connectivity index (χ3v) is 4.54.